The molecule has 4 nitrogen and oxygen atoms in total. The van der Waals surface area contributed by atoms with Crippen LogP contribution in [0, 0.1) is 0 Å². The van der Waals surface area contributed by atoms with Gasteiger partial charge in [0, 0.05) is 19.1 Å². The van der Waals surface area contributed by atoms with E-state index >= 15 is 0 Å². The molecule has 2 heterocycles. The van der Waals surface area contributed by atoms with Crippen LogP contribution >= 0.6 is 0 Å². The zero-order valence-electron chi connectivity index (χ0n) is 9.76. The van der Waals surface area contributed by atoms with Crippen molar-refractivity contribution in [2.75, 3.05) is 26.3 Å². The highest BCUT2D eigenvalue weighted by Crippen LogP contribution is 2.25. The van der Waals surface area contributed by atoms with Gasteiger partial charge in [0.05, 0.1) is 25.5 Å². The van der Waals surface area contributed by atoms with Crippen LogP contribution in [0.4, 0.5) is 0 Å². The van der Waals surface area contributed by atoms with Crippen molar-refractivity contribution in [1.29, 1.82) is 0 Å². The van der Waals surface area contributed by atoms with Crippen LogP contribution in [-0.2, 0) is 4.74 Å². The van der Waals surface area contributed by atoms with Crippen molar-refractivity contribution >= 4 is 0 Å². The number of ether oxygens (including phenoxy) is 1. The van der Waals surface area contributed by atoms with E-state index in [9.17, 15) is 0 Å². The number of furan rings is 1. The van der Waals surface area contributed by atoms with E-state index in [4.69, 9.17) is 14.9 Å². The minimum absolute atomic E-state index is 0.184. The predicted octanol–water partition coefficient (Wildman–Crippen LogP) is 1.39. The Morgan fingerprint density at radius 3 is 3.12 bits per heavy atom. The molecule has 0 spiro atoms. The molecular weight excluding hydrogens is 204 g/mol. The lowest BCUT2D eigenvalue weighted by Crippen LogP contribution is -2.48. The molecule has 1 aliphatic heterocycles. The van der Waals surface area contributed by atoms with Crippen LogP contribution in [-0.4, -0.2) is 37.2 Å². The molecule has 2 atom stereocenters. The van der Waals surface area contributed by atoms with E-state index in [1.807, 2.05) is 12.1 Å². The molecule has 16 heavy (non-hydrogen) atoms. The third kappa shape index (κ3) is 2.29. The second-order valence-electron chi connectivity index (χ2n) is 4.14. The topological polar surface area (TPSA) is 51.6 Å². The van der Waals surface area contributed by atoms with Crippen molar-refractivity contribution in [3.63, 3.8) is 0 Å². The molecule has 0 radical (unpaired) electrons. The quantitative estimate of drug-likeness (QED) is 0.839. The number of morpholine rings is 1. The molecular formula is C12H20N2O2. The minimum atomic E-state index is 0.184. The molecule has 2 unspecified atom stereocenters. The van der Waals surface area contributed by atoms with Crippen molar-refractivity contribution < 1.29 is 9.15 Å². The third-order valence-electron chi connectivity index (χ3n) is 3.24. The Morgan fingerprint density at radius 2 is 2.50 bits per heavy atom. The van der Waals surface area contributed by atoms with Gasteiger partial charge in [0.1, 0.15) is 5.76 Å². The smallest absolute Gasteiger partial charge is 0.122 e. The molecule has 0 saturated carbocycles. The Bertz CT molecular complexity index is 300. The Morgan fingerprint density at radius 1 is 1.62 bits per heavy atom. The fourth-order valence-corrected chi connectivity index (χ4v) is 2.33. The molecule has 1 aromatic heterocycles. The average Bonchev–Trinajstić information content (AvgIpc) is 2.84. The van der Waals surface area contributed by atoms with E-state index in [-0.39, 0.29) is 6.04 Å². The van der Waals surface area contributed by atoms with Gasteiger partial charge in [-0.3, -0.25) is 4.90 Å². The van der Waals surface area contributed by atoms with Crippen LogP contribution in [0.25, 0.3) is 0 Å². The molecule has 1 aromatic rings. The second kappa shape index (κ2) is 5.48. The lowest BCUT2D eigenvalue weighted by atomic mass is 10.1. The van der Waals surface area contributed by atoms with Crippen molar-refractivity contribution in [2.24, 2.45) is 5.73 Å². The lowest BCUT2D eigenvalue weighted by Gasteiger charge is -2.39. The Labute approximate surface area is 96.4 Å². The van der Waals surface area contributed by atoms with Gasteiger partial charge in [0.25, 0.3) is 0 Å². The van der Waals surface area contributed by atoms with Crippen LogP contribution < -0.4 is 5.73 Å². The summed E-state index contributed by atoms with van der Waals surface area (Å²) in [4.78, 5) is 2.41. The lowest BCUT2D eigenvalue weighted by molar-refractivity contribution is -0.0329. The Balaban J connectivity index is 2.13. The minimum Gasteiger partial charge on any atom is -0.468 e. The zero-order chi connectivity index (χ0) is 11.4. The highest BCUT2D eigenvalue weighted by atomic mass is 16.5. The second-order valence-corrected chi connectivity index (χ2v) is 4.14. The molecule has 2 rings (SSSR count). The SMILES string of the molecule is CCC1COCCN1C(CN)c1ccco1. The summed E-state index contributed by atoms with van der Waals surface area (Å²) < 4.78 is 11.0. The molecule has 0 aromatic carbocycles. The van der Waals surface area contributed by atoms with Gasteiger partial charge in [-0.15, -0.1) is 0 Å². The number of nitrogens with zero attached hydrogens (tertiary/aromatic N) is 1. The first-order valence-electron chi connectivity index (χ1n) is 5.93. The van der Waals surface area contributed by atoms with Crippen molar-refractivity contribution in [2.45, 2.75) is 25.4 Å². The zero-order valence-corrected chi connectivity index (χ0v) is 9.76. The number of hydrogen-bond donors (Lipinski definition) is 1. The van der Waals surface area contributed by atoms with E-state index < -0.39 is 0 Å². The summed E-state index contributed by atoms with van der Waals surface area (Å²) in [6, 6.07) is 4.55. The molecule has 1 saturated heterocycles. The monoisotopic (exact) mass is 224 g/mol. The standard InChI is InChI=1S/C12H20N2O2/c1-2-10-9-15-7-5-14(10)11(8-13)12-4-3-6-16-12/h3-4,6,10-11H,2,5,7-9,13H2,1H3. The highest BCUT2D eigenvalue weighted by molar-refractivity contribution is 5.06. The van der Waals surface area contributed by atoms with Crippen molar-refractivity contribution in [1.82, 2.24) is 4.90 Å². The van der Waals surface area contributed by atoms with Gasteiger partial charge in [-0.2, -0.15) is 0 Å². The van der Waals surface area contributed by atoms with Crippen LogP contribution in [0.2, 0.25) is 0 Å². The van der Waals surface area contributed by atoms with E-state index in [1.54, 1.807) is 6.26 Å². The molecule has 0 bridgehead atoms. The van der Waals surface area contributed by atoms with E-state index in [0.717, 1.165) is 31.9 Å². The molecule has 90 valence electrons. The van der Waals surface area contributed by atoms with Crippen molar-refractivity contribution in [3.8, 4) is 0 Å². The average molecular weight is 224 g/mol. The fraction of sp³-hybridized carbons (Fsp3) is 0.667. The molecule has 0 amide bonds. The number of hydrogen-bond acceptors (Lipinski definition) is 4. The highest BCUT2D eigenvalue weighted by Gasteiger charge is 2.29. The van der Waals surface area contributed by atoms with Crippen LogP contribution in [0.3, 0.4) is 0 Å². The molecule has 4 heteroatoms. The fourth-order valence-electron chi connectivity index (χ4n) is 2.33. The Hall–Kier alpha value is -0.840. The summed E-state index contributed by atoms with van der Waals surface area (Å²) in [5, 5.41) is 0. The van der Waals surface area contributed by atoms with Crippen LogP contribution in [0.1, 0.15) is 25.1 Å². The van der Waals surface area contributed by atoms with Gasteiger partial charge in [0.2, 0.25) is 0 Å². The number of rotatable bonds is 4. The Kier molecular flexibility index (Phi) is 3.98. The van der Waals surface area contributed by atoms with Crippen LogP contribution in [0.15, 0.2) is 22.8 Å². The largest absolute Gasteiger partial charge is 0.468 e. The maximum atomic E-state index is 5.87. The maximum absolute atomic E-state index is 5.87. The first-order chi connectivity index (χ1) is 7.86. The maximum Gasteiger partial charge on any atom is 0.122 e. The molecule has 1 aliphatic rings. The van der Waals surface area contributed by atoms with Gasteiger partial charge in [-0.05, 0) is 18.6 Å². The summed E-state index contributed by atoms with van der Waals surface area (Å²) in [6.07, 6.45) is 2.79. The van der Waals surface area contributed by atoms with Gasteiger partial charge >= 0.3 is 0 Å². The first-order valence-corrected chi connectivity index (χ1v) is 5.93. The van der Waals surface area contributed by atoms with Crippen LogP contribution in [0.5, 0.6) is 0 Å². The number of nitrogens with two attached hydrogens (primary N) is 1. The van der Waals surface area contributed by atoms with E-state index in [0.29, 0.717) is 12.6 Å². The summed E-state index contributed by atoms with van der Waals surface area (Å²) >= 11 is 0. The van der Waals surface area contributed by atoms with Crippen molar-refractivity contribution in [3.05, 3.63) is 24.2 Å². The van der Waals surface area contributed by atoms with E-state index in [1.165, 1.54) is 0 Å². The normalized spacial score (nSPS) is 24.5. The summed E-state index contributed by atoms with van der Waals surface area (Å²) in [6.45, 7) is 5.29. The molecule has 0 aliphatic carbocycles. The van der Waals surface area contributed by atoms with Gasteiger partial charge < -0.3 is 14.9 Å². The van der Waals surface area contributed by atoms with Gasteiger partial charge in [-0.1, -0.05) is 6.92 Å². The third-order valence-corrected chi connectivity index (χ3v) is 3.24. The first kappa shape index (κ1) is 11.6. The van der Waals surface area contributed by atoms with E-state index in [2.05, 4.69) is 11.8 Å². The molecule has 2 N–H and O–H groups in total. The summed E-state index contributed by atoms with van der Waals surface area (Å²) in [5.41, 5.74) is 5.87. The summed E-state index contributed by atoms with van der Waals surface area (Å²) in [5.74, 6) is 0.961. The summed E-state index contributed by atoms with van der Waals surface area (Å²) in [7, 11) is 0. The van der Waals surface area contributed by atoms with Gasteiger partial charge in [-0.25, -0.2) is 0 Å². The predicted molar refractivity (Wildman–Crippen MR) is 62.1 cm³/mol. The van der Waals surface area contributed by atoms with Gasteiger partial charge in [0.15, 0.2) is 0 Å². The molecule has 1 fully saturated rings.